The van der Waals surface area contributed by atoms with Crippen LogP contribution in [-0.4, -0.2) is 35.0 Å². The lowest BCUT2D eigenvalue weighted by atomic mass is 10.1. The zero-order valence-electron chi connectivity index (χ0n) is 19.0. The summed E-state index contributed by atoms with van der Waals surface area (Å²) in [7, 11) is 1.60. The molecule has 0 spiro atoms. The van der Waals surface area contributed by atoms with Gasteiger partial charge in [-0.15, -0.1) is 11.3 Å². The van der Waals surface area contributed by atoms with Crippen LogP contribution in [0.15, 0.2) is 54.0 Å². The second-order valence-electron chi connectivity index (χ2n) is 8.51. The second-order valence-corrected chi connectivity index (χ2v) is 9.79. The fourth-order valence-electron chi connectivity index (χ4n) is 4.27. The van der Waals surface area contributed by atoms with Gasteiger partial charge in [-0.2, -0.15) is 0 Å². The molecule has 174 valence electrons. The molecule has 0 radical (unpaired) electrons. The van der Waals surface area contributed by atoms with Crippen LogP contribution in [0.5, 0.6) is 5.75 Å². The number of anilines is 1. The predicted molar refractivity (Wildman–Crippen MR) is 135 cm³/mol. The molecule has 5 rings (SSSR count). The zero-order chi connectivity index (χ0) is 23.8. The molecule has 1 aliphatic carbocycles. The van der Waals surface area contributed by atoms with E-state index in [0.717, 1.165) is 23.8 Å². The van der Waals surface area contributed by atoms with Crippen LogP contribution in [-0.2, 0) is 11.2 Å². The summed E-state index contributed by atoms with van der Waals surface area (Å²) in [5.74, 6) is 0.930. The molecule has 0 saturated heterocycles. The molecule has 2 aromatic heterocycles. The van der Waals surface area contributed by atoms with Gasteiger partial charge in [0.15, 0.2) is 5.13 Å². The second kappa shape index (κ2) is 9.24. The van der Waals surface area contributed by atoms with E-state index in [1.807, 2.05) is 30.5 Å². The van der Waals surface area contributed by atoms with Gasteiger partial charge in [0.25, 0.3) is 5.91 Å². The first-order chi connectivity index (χ1) is 16.5. The highest BCUT2D eigenvalue weighted by molar-refractivity contribution is 7.13. The first-order valence-corrected chi connectivity index (χ1v) is 12.4. The predicted octanol–water partition coefficient (Wildman–Crippen LogP) is 5.74. The quantitative estimate of drug-likeness (QED) is 0.329. The molecule has 0 atom stereocenters. The summed E-state index contributed by atoms with van der Waals surface area (Å²) < 4.78 is 7.09. The summed E-state index contributed by atoms with van der Waals surface area (Å²) in [6.45, 7) is 2.55. The number of amides is 1. The van der Waals surface area contributed by atoms with Gasteiger partial charge in [-0.3, -0.25) is 19.1 Å². The minimum atomic E-state index is -0.230. The van der Waals surface area contributed by atoms with Gasteiger partial charge in [-0.25, -0.2) is 4.98 Å². The highest BCUT2D eigenvalue weighted by Crippen LogP contribution is 2.34. The minimum Gasteiger partial charge on any atom is -0.497 e. The molecule has 1 fully saturated rings. The normalized spacial score (nSPS) is 13.3. The van der Waals surface area contributed by atoms with Gasteiger partial charge in [0, 0.05) is 29.2 Å². The van der Waals surface area contributed by atoms with E-state index < -0.39 is 0 Å². The SMILES string of the molecule is COc1ccc2c(c1)c(CC(=O)N(CC1CC1)c1nccs1)c(C)n2C(=O)c1ccccc1Cl. The molecule has 2 heterocycles. The molecule has 1 aliphatic rings. The van der Waals surface area contributed by atoms with Gasteiger partial charge < -0.3 is 4.74 Å². The van der Waals surface area contributed by atoms with Crippen LogP contribution < -0.4 is 9.64 Å². The Morgan fingerprint density at radius 3 is 2.71 bits per heavy atom. The number of hydrogen-bond acceptors (Lipinski definition) is 5. The number of benzene rings is 2. The van der Waals surface area contributed by atoms with E-state index in [0.29, 0.717) is 45.1 Å². The highest BCUT2D eigenvalue weighted by atomic mass is 35.5. The molecule has 6 nitrogen and oxygen atoms in total. The molecule has 0 N–H and O–H groups in total. The maximum Gasteiger partial charge on any atom is 0.264 e. The molecule has 8 heteroatoms. The van der Waals surface area contributed by atoms with Gasteiger partial charge in [0.2, 0.25) is 5.91 Å². The van der Waals surface area contributed by atoms with Gasteiger partial charge in [0.05, 0.1) is 29.6 Å². The Bertz CT molecular complexity index is 1380. The van der Waals surface area contributed by atoms with Gasteiger partial charge in [0.1, 0.15) is 5.75 Å². The fraction of sp³-hybridized carbons (Fsp3) is 0.269. The molecule has 0 bridgehead atoms. The standard InChI is InChI=1S/C26H24ClN3O3S/c1-16-20(14-24(31)29(15-17-7-8-17)26-28-11-12-34-26)21-13-18(33-2)9-10-23(21)30(16)25(32)19-5-3-4-6-22(19)27/h3-6,9-13,17H,7-8,14-15H2,1-2H3. The van der Waals surface area contributed by atoms with Crippen molar-refractivity contribution >= 4 is 50.8 Å². The van der Waals surface area contributed by atoms with Crippen molar-refractivity contribution in [3.8, 4) is 5.75 Å². The number of methoxy groups -OCH3 is 1. The van der Waals surface area contributed by atoms with Crippen molar-refractivity contribution in [2.24, 2.45) is 5.92 Å². The topological polar surface area (TPSA) is 64.4 Å². The summed E-state index contributed by atoms with van der Waals surface area (Å²) >= 11 is 7.81. The Morgan fingerprint density at radius 1 is 1.24 bits per heavy atom. The van der Waals surface area contributed by atoms with Gasteiger partial charge in [-0.1, -0.05) is 23.7 Å². The third kappa shape index (κ3) is 4.21. The Hall–Kier alpha value is -3.16. The summed E-state index contributed by atoms with van der Waals surface area (Å²) in [6, 6.07) is 12.6. The molecule has 1 amide bonds. The maximum absolute atomic E-state index is 13.6. The number of carbonyl (C=O) groups is 2. The summed E-state index contributed by atoms with van der Waals surface area (Å²) in [4.78, 5) is 33.3. The van der Waals surface area contributed by atoms with Crippen LogP contribution in [0.1, 0.15) is 34.5 Å². The van der Waals surface area contributed by atoms with Crippen molar-refractivity contribution in [3.05, 3.63) is 75.9 Å². The first-order valence-electron chi connectivity index (χ1n) is 11.1. The van der Waals surface area contributed by atoms with E-state index >= 15 is 0 Å². The number of halogens is 1. The number of aromatic nitrogens is 2. The molecule has 0 aliphatic heterocycles. The zero-order valence-corrected chi connectivity index (χ0v) is 20.5. The summed E-state index contributed by atoms with van der Waals surface area (Å²) in [5, 5.41) is 3.80. The highest BCUT2D eigenvalue weighted by Gasteiger charge is 2.30. The number of carbonyl (C=O) groups excluding carboxylic acids is 2. The molecule has 1 saturated carbocycles. The Labute approximate surface area is 206 Å². The smallest absolute Gasteiger partial charge is 0.264 e. The lowest BCUT2D eigenvalue weighted by Crippen LogP contribution is -2.34. The van der Waals surface area contributed by atoms with Crippen molar-refractivity contribution in [1.82, 2.24) is 9.55 Å². The van der Waals surface area contributed by atoms with Crippen molar-refractivity contribution < 1.29 is 14.3 Å². The average Bonchev–Trinajstić information content (AvgIpc) is 3.42. The molecule has 0 unspecified atom stereocenters. The first kappa shape index (κ1) is 22.6. The Balaban J connectivity index is 1.59. The average molecular weight is 494 g/mol. The van der Waals surface area contributed by atoms with Crippen molar-refractivity contribution in [3.63, 3.8) is 0 Å². The van der Waals surface area contributed by atoms with Crippen LogP contribution in [0.2, 0.25) is 5.02 Å². The van der Waals surface area contributed by atoms with E-state index in [1.54, 1.807) is 47.0 Å². The number of hydrogen-bond donors (Lipinski definition) is 0. The van der Waals surface area contributed by atoms with Crippen LogP contribution in [0.4, 0.5) is 5.13 Å². The fourth-order valence-corrected chi connectivity index (χ4v) is 5.16. The minimum absolute atomic E-state index is 0.0305. The monoisotopic (exact) mass is 493 g/mol. The number of rotatable bonds is 7. The van der Waals surface area contributed by atoms with Crippen LogP contribution in [0.25, 0.3) is 10.9 Å². The van der Waals surface area contributed by atoms with E-state index in [4.69, 9.17) is 16.3 Å². The number of fused-ring (bicyclic) bond motifs is 1. The molecule has 4 aromatic rings. The summed E-state index contributed by atoms with van der Waals surface area (Å²) in [5.41, 5.74) is 2.65. The largest absolute Gasteiger partial charge is 0.497 e. The number of thiazole rings is 1. The van der Waals surface area contributed by atoms with Crippen molar-refractivity contribution in [1.29, 1.82) is 0 Å². The van der Waals surface area contributed by atoms with Crippen molar-refractivity contribution in [2.75, 3.05) is 18.6 Å². The third-order valence-corrected chi connectivity index (χ3v) is 7.39. The third-order valence-electron chi connectivity index (χ3n) is 6.27. The van der Waals surface area contributed by atoms with E-state index in [-0.39, 0.29) is 18.2 Å². The summed E-state index contributed by atoms with van der Waals surface area (Å²) in [6.07, 6.45) is 4.15. The Kier molecular flexibility index (Phi) is 6.15. The van der Waals surface area contributed by atoms with E-state index in [9.17, 15) is 9.59 Å². The van der Waals surface area contributed by atoms with Crippen LogP contribution in [0.3, 0.4) is 0 Å². The molecule has 2 aromatic carbocycles. The lowest BCUT2D eigenvalue weighted by Gasteiger charge is -2.20. The van der Waals surface area contributed by atoms with E-state index in [2.05, 4.69) is 4.98 Å². The maximum atomic E-state index is 13.6. The lowest BCUT2D eigenvalue weighted by molar-refractivity contribution is -0.118. The van der Waals surface area contributed by atoms with Gasteiger partial charge in [-0.05, 0) is 61.6 Å². The Morgan fingerprint density at radius 2 is 2.03 bits per heavy atom. The molecule has 34 heavy (non-hydrogen) atoms. The van der Waals surface area contributed by atoms with Gasteiger partial charge >= 0.3 is 0 Å². The number of nitrogens with zero attached hydrogens (tertiary/aromatic N) is 3. The van der Waals surface area contributed by atoms with Crippen molar-refractivity contribution in [2.45, 2.75) is 26.2 Å². The van der Waals surface area contributed by atoms with E-state index in [1.165, 1.54) is 11.3 Å². The molecular formula is C26H24ClN3O3S. The molecular weight excluding hydrogens is 470 g/mol. The van der Waals surface area contributed by atoms with Crippen LogP contribution in [0, 0.1) is 12.8 Å². The number of ether oxygens (including phenoxy) is 1. The van der Waals surface area contributed by atoms with Crippen LogP contribution >= 0.6 is 22.9 Å².